The lowest BCUT2D eigenvalue weighted by Gasteiger charge is -2.22. The van der Waals surface area contributed by atoms with E-state index in [1.165, 1.54) is 25.5 Å². The van der Waals surface area contributed by atoms with E-state index in [1.54, 1.807) is 4.52 Å². The molecule has 0 atom stereocenters. The maximum Gasteiger partial charge on any atom is 0.234 e. The van der Waals surface area contributed by atoms with Crippen molar-refractivity contribution in [2.24, 2.45) is 0 Å². The monoisotopic (exact) mass is 333 g/mol. The van der Waals surface area contributed by atoms with Crippen molar-refractivity contribution in [1.82, 2.24) is 14.6 Å². The first-order valence-electron chi connectivity index (χ1n) is 8.61. The molecule has 1 aliphatic rings. The molecule has 2 heterocycles. The second-order valence-electron chi connectivity index (χ2n) is 6.26. The van der Waals surface area contributed by atoms with Crippen molar-refractivity contribution in [3.63, 3.8) is 0 Å². The lowest BCUT2D eigenvalue weighted by Crippen LogP contribution is -2.20. The minimum Gasteiger partial charge on any atom is -0.473 e. The normalized spacial score (nSPS) is 15.0. The van der Waals surface area contributed by atoms with E-state index < -0.39 is 0 Å². The zero-order valence-corrected chi connectivity index (χ0v) is 13.9. The standard InChI is InChI=1S/C19H19N5O/c20-12-15-13-21-19-17(22-14-7-3-1-4-8-14)11-18(23-24(15)19)25-16-9-5-2-6-10-16/h1,3-4,7-8,11,13,16,22H,2,5-6,9-10H2. The number of aromatic nitrogens is 3. The van der Waals surface area contributed by atoms with Gasteiger partial charge in [0.05, 0.1) is 11.9 Å². The van der Waals surface area contributed by atoms with Crippen LogP contribution in [0.3, 0.4) is 0 Å². The summed E-state index contributed by atoms with van der Waals surface area (Å²) in [5.74, 6) is 0.521. The number of fused-ring (bicyclic) bond motifs is 1. The van der Waals surface area contributed by atoms with Gasteiger partial charge in [0, 0.05) is 11.8 Å². The molecule has 0 bridgehead atoms. The third-order valence-electron chi connectivity index (χ3n) is 4.45. The number of imidazole rings is 1. The van der Waals surface area contributed by atoms with Crippen LogP contribution in [0, 0.1) is 11.3 Å². The summed E-state index contributed by atoms with van der Waals surface area (Å²) >= 11 is 0. The fraction of sp³-hybridized carbons (Fsp3) is 0.316. The molecule has 6 heteroatoms. The Morgan fingerprint density at radius 3 is 2.72 bits per heavy atom. The number of rotatable bonds is 4. The molecule has 0 radical (unpaired) electrons. The van der Waals surface area contributed by atoms with Gasteiger partial charge >= 0.3 is 0 Å². The molecule has 126 valence electrons. The average Bonchev–Trinajstić information content (AvgIpc) is 3.07. The van der Waals surface area contributed by atoms with Crippen LogP contribution in [0.1, 0.15) is 37.8 Å². The van der Waals surface area contributed by atoms with Crippen LogP contribution in [-0.4, -0.2) is 20.7 Å². The molecule has 1 saturated carbocycles. The minimum absolute atomic E-state index is 0.192. The molecule has 25 heavy (non-hydrogen) atoms. The second-order valence-corrected chi connectivity index (χ2v) is 6.26. The van der Waals surface area contributed by atoms with E-state index in [-0.39, 0.29) is 6.10 Å². The van der Waals surface area contributed by atoms with Gasteiger partial charge in [0.1, 0.15) is 12.2 Å². The minimum atomic E-state index is 0.192. The molecule has 0 saturated heterocycles. The first-order valence-corrected chi connectivity index (χ1v) is 8.61. The Labute approximate surface area is 146 Å². The summed E-state index contributed by atoms with van der Waals surface area (Å²) in [7, 11) is 0. The second kappa shape index (κ2) is 6.81. The summed E-state index contributed by atoms with van der Waals surface area (Å²) in [5.41, 5.74) is 2.71. The van der Waals surface area contributed by atoms with Crippen LogP contribution in [0.5, 0.6) is 5.88 Å². The van der Waals surface area contributed by atoms with Crippen LogP contribution in [0.25, 0.3) is 5.65 Å². The summed E-state index contributed by atoms with van der Waals surface area (Å²) in [5, 5.41) is 17.1. The Hall–Kier alpha value is -3.07. The van der Waals surface area contributed by atoms with E-state index in [4.69, 9.17) is 4.74 Å². The van der Waals surface area contributed by atoms with Gasteiger partial charge in [-0.25, -0.2) is 4.98 Å². The van der Waals surface area contributed by atoms with Gasteiger partial charge in [0.2, 0.25) is 5.88 Å². The Morgan fingerprint density at radius 2 is 1.96 bits per heavy atom. The van der Waals surface area contributed by atoms with Gasteiger partial charge in [0.25, 0.3) is 0 Å². The van der Waals surface area contributed by atoms with E-state index >= 15 is 0 Å². The topological polar surface area (TPSA) is 75.2 Å². The Bertz CT molecular complexity index is 907. The van der Waals surface area contributed by atoms with Crippen molar-refractivity contribution in [2.45, 2.75) is 38.2 Å². The van der Waals surface area contributed by atoms with Crippen molar-refractivity contribution in [3.05, 3.63) is 48.3 Å². The summed E-state index contributed by atoms with van der Waals surface area (Å²) in [6, 6.07) is 13.8. The van der Waals surface area contributed by atoms with Gasteiger partial charge < -0.3 is 10.1 Å². The lowest BCUT2D eigenvalue weighted by molar-refractivity contribution is 0.147. The van der Waals surface area contributed by atoms with Gasteiger partial charge in [-0.15, -0.1) is 5.10 Å². The molecule has 3 aromatic rings. The molecular weight excluding hydrogens is 314 g/mol. The molecule has 4 rings (SSSR count). The fourth-order valence-electron chi connectivity index (χ4n) is 3.20. The molecule has 1 N–H and O–H groups in total. The fourth-order valence-corrected chi connectivity index (χ4v) is 3.20. The number of anilines is 2. The van der Waals surface area contributed by atoms with Crippen LogP contribution in [-0.2, 0) is 0 Å². The molecule has 0 amide bonds. The van der Waals surface area contributed by atoms with Crippen molar-refractivity contribution in [3.8, 4) is 11.9 Å². The number of benzene rings is 1. The molecule has 1 fully saturated rings. The number of para-hydroxylation sites is 1. The molecule has 2 aromatic heterocycles. The molecule has 0 unspecified atom stereocenters. The number of hydrogen-bond acceptors (Lipinski definition) is 5. The van der Waals surface area contributed by atoms with Crippen LogP contribution in [0.15, 0.2) is 42.6 Å². The van der Waals surface area contributed by atoms with E-state index in [2.05, 4.69) is 21.5 Å². The van der Waals surface area contributed by atoms with E-state index in [1.807, 2.05) is 36.4 Å². The van der Waals surface area contributed by atoms with E-state index in [0.717, 1.165) is 24.2 Å². The summed E-state index contributed by atoms with van der Waals surface area (Å²) in [6.45, 7) is 0. The van der Waals surface area contributed by atoms with E-state index in [0.29, 0.717) is 17.2 Å². The summed E-state index contributed by atoms with van der Waals surface area (Å²) in [4.78, 5) is 4.33. The van der Waals surface area contributed by atoms with Crippen LogP contribution < -0.4 is 10.1 Å². The lowest BCUT2D eigenvalue weighted by atomic mass is 9.98. The van der Waals surface area contributed by atoms with Crippen LogP contribution in [0.2, 0.25) is 0 Å². The van der Waals surface area contributed by atoms with Gasteiger partial charge in [-0.05, 0) is 37.8 Å². The number of nitrogens with zero attached hydrogens (tertiary/aromatic N) is 4. The molecule has 1 aliphatic carbocycles. The van der Waals surface area contributed by atoms with Gasteiger partial charge in [-0.3, -0.25) is 0 Å². The zero-order chi connectivity index (χ0) is 17.1. The summed E-state index contributed by atoms with van der Waals surface area (Å²) in [6.07, 6.45) is 7.48. The summed E-state index contributed by atoms with van der Waals surface area (Å²) < 4.78 is 7.65. The Balaban J connectivity index is 1.72. The molecule has 0 spiro atoms. The molecule has 0 aliphatic heterocycles. The number of nitrogens with one attached hydrogen (secondary N) is 1. The molecular formula is C19H19N5O. The SMILES string of the molecule is N#Cc1cnc2c(Nc3ccccc3)cc(OC3CCCCC3)nn12. The molecule has 6 nitrogen and oxygen atoms in total. The predicted molar refractivity (Wildman–Crippen MR) is 94.9 cm³/mol. The maximum absolute atomic E-state index is 9.31. The van der Waals surface area contributed by atoms with Crippen LogP contribution >= 0.6 is 0 Å². The predicted octanol–water partition coefficient (Wildman–Crippen LogP) is 4.06. The smallest absolute Gasteiger partial charge is 0.234 e. The highest BCUT2D eigenvalue weighted by Crippen LogP contribution is 2.28. The van der Waals surface area contributed by atoms with Gasteiger partial charge in [0.15, 0.2) is 11.3 Å². The zero-order valence-electron chi connectivity index (χ0n) is 13.9. The highest BCUT2D eigenvalue weighted by Gasteiger charge is 2.18. The van der Waals surface area contributed by atoms with Crippen molar-refractivity contribution in [2.75, 3.05) is 5.32 Å². The number of ether oxygens (including phenoxy) is 1. The average molecular weight is 333 g/mol. The maximum atomic E-state index is 9.31. The van der Waals surface area contributed by atoms with Crippen molar-refractivity contribution < 1.29 is 4.74 Å². The highest BCUT2D eigenvalue weighted by molar-refractivity contribution is 5.74. The Kier molecular flexibility index (Phi) is 4.21. The van der Waals surface area contributed by atoms with Gasteiger partial charge in [-0.1, -0.05) is 24.6 Å². The first kappa shape index (κ1) is 15.5. The van der Waals surface area contributed by atoms with Gasteiger partial charge in [-0.2, -0.15) is 9.78 Å². The number of hydrogen-bond donors (Lipinski definition) is 1. The third kappa shape index (κ3) is 3.26. The molecule has 1 aromatic carbocycles. The van der Waals surface area contributed by atoms with E-state index in [9.17, 15) is 5.26 Å². The highest BCUT2D eigenvalue weighted by atomic mass is 16.5. The quantitative estimate of drug-likeness (QED) is 0.779. The van der Waals surface area contributed by atoms with Crippen molar-refractivity contribution in [1.29, 1.82) is 5.26 Å². The first-order chi connectivity index (χ1) is 12.3. The van der Waals surface area contributed by atoms with Crippen LogP contribution in [0.4, 0.5) is 11.4 Å². The number of nitriles is 1. The van der Waals surface area contributed by atoms with Crippen molar-refractivity contribution >= 4 is 17.0 Å². The Morgan fingerprint density at radius 1 is 1.16 bits per heavy atom. The largest absolute Gasteiger partial charge is 0.473 e. The third-order valence-corrected chi connectivity index (χ3v) is 4.45.